The molecule has 0 radical (unpaired) electrons. The summed E-state index contributed by atoms with van der Waals surface area (Å²) < 4.78 is 4.85. The summed E-state index contributed by atoms with van der Waals surface area (Å²) in [5.74, 6) is 1.03. The van der Waals surface area contributed by atoms with E-state index >= 15 is 0 Å². The van der Waals surface area contributed by atoms with Gasteiger partial charge in [0.2, 0.25) is 11.8 Å². The molecule has 2 aromatic heterocycles. The van der Waals surface area contributed by atoms with Gasteiger partial charge in [-0.15, -0.1) is 0 Å². The van der Waals surface area contributed by atoms with Gasteiger partial charge in [-0.2, -0.15) is 4.98 Å². The molecule has 0 fully saturated rings. The van der Waals surface area contributed by atoms with Crippen molar-refractivity contribution >= 4 is 23.2 Å². The Morgan fingerprint density at radius 3 is 3.06 bits per heavy atom. The standard InChI is InChI=1S/C9H10N6OS/c10-8(17)6-1-3-11-9(15-6)12-4-2-7-13-5-14-16-7/h1,3,5H,2,4H2,(H2,10,17)(H,11,12,15). The second-order valence-corrected chi connectivity index (χ2v) is 3.58. The molecule has 2 heterocycles. The average molecular weight is 250 g/mol. The number of nitrogens with zero attached hydrogens (tertiary/aromatic N) is 4. The number of thiocarbonyl (C=S) groups is 1. The van der Waals surface area contributed by atoms with Gasteiger partial charge in [0.05, 0.1) is 0 Å². The van der Waals surface area contributed by atoms with Crippen LogP contribution in [-0.4, -0.2) is 31.6 Å². The van der Waals surface area contributed by atoms with E-state index in [1.54, 1.807) is 12.3 Å². The lowest BCUT2D eigenvalue weighted by Crippen LogP contribution is -2.14. The van der Waals surface area contributed by atoms with Gasteiger partial charge < -0.3 is 15.6 Å². The minimum absolute atomic E-state index is 0.243. The first-order valence-electron chi connectivity index (χ1n) is 4.88. The van der Waals surface area contributed by atoms with Crippen molar-refractivity contribution in [1.29, 1.82) is 0 Å². The monoisotopic (exact) mass is 250 g/mol. The molecule has 17 heavy (non-hydrogen) atoms. The Morgan fingerprint density at radius 1 is 1.47 bits per heavy atom. The lowest BCUT2D eigenvalue weighted by atomic mass is 10.4. The smallest absolute Gasteiger partial charge is 0.228 e. The molecule has 0 aliphatic heterocycles. The molecular weight excluding hydrogens is 240 g/mol. The van der Waals surface area contributed by atoms with Crippen LogP contribution in [0.2, 0.25) is 0 Å². The third-order valence-corrected chi connectivity index (χ3v) is 2.15. The van der Waals surface area contributed by atoms with Gasteiger partial charge in [-0.25, -0.2) is 9.97 Å². The van der Waals surface area contributed by atoms with Crippen molar-refractivity contribution in [1.82, 2.24) is 20.1 Å². The van der Waals surface area contributed by atoms with Crippen LogP contribution in [0.5, 0.6) is 0 Å². The largest absolute Gasteiger partial charge is 0.388 e. The molecule has 88 valence electrons. The maximum Gasteiger partial charge on any atom is 0.228 e. The quantitative estimate of drug-likeness (QED) is 0.723. The number of aromatic nitrogens is 4. The zero-order valence-corrected chi connectivity index (χ0v) is 9.65. The molecule has 3 N–H and O–H groups in total. The minimum atomic E-state index is 0.243. The van der Waals surface area contributed by atoms with Gasteiger partial charge in [-0.3, -0.25) is 0 Å². The second-order valence-electron chi connectivity index (χ2n) is 3.14. The van der Waals surface area contributed by atoms with Crippen LogP contribution in [0.4, 0.5) is 5.95 Å². The zero-order valence-electron chi connectivity index (χ0n) is 8.83. The molecule has 0 atom stereocenters. The van der Waals surface area contributed by atoms with Crippen molar-refractivity contribution in [3.05, 3.63) is 30.2 Å². The highest BCUT2D eigenvalue weighted by Gasteiger charge is 2.02. The van der Waals surface area contributed by atoms with E-state index in [0.29, 0.717) is 30.5 Å². The normalized spacial score (nSPS) is 10.1. The number of anilines is 1. The fourth-order valence-corrected chi connectivity index (χ4v) is 1.28. The second kappa shape index (κ2) is 5.30. The van der Waals surface area contributed by atoms with Crippen LogP contribution in [0.3, 0.4) is 0 Å². The van der Waals surface area contributed by atoms with Crippen molar-refractivity contribution in [3.63, 3.8) is 0 Å². The van der Waals surface area contributed by atoms with E-state index in [1.807, 2.05) is 0 Å². The summed E-state index contributed by atoms with van der Waals surface area (Å²) in [5.41, 5.74) is 6.01. The molecule has 7 nitrogen and oxygen atoms in total. The number of nitrogens with one attached hydrogen (secondary N) is 1. The van der Waals surface area contributed by atoms with Crippen molar-refractivity contribution < 1.29 is 4.52 Å². The molecule has 0 unspecified atom stereocenters. The number of hydrogen-bond acceptors (Lipinski definition) is 7. The Morgan fingerprint density at radius 2 is 2.35 bits per heavy atom. The van der Waals surface area contributed by atoms with E-state index in [9.17, 15) is 0 Å². The maximum atomic E-state index is 5.47. The van der Waals surface area contributed by atoms with E-state index < -0.39 is 0 Å². The van der Waals surface area contributed by atoms with Gasteiger partial charge in [0.15, 0.2) is 6.33 Å². The number of hydrogen-bond donors (Lipinski definition) is 2. The molecule has 8 heteroatoms. The lowest BCUT2D eigenvalue weighted by molar-refractivity contribution is 0.379. The number of nitrogens with two attached hydrogens (primary N) is 1. The Kier molecular flexibility index (Phi) is 3.55. The van der Waals surface area contributed by atoms with Gasteiger partial charge in [-0.1, -0.05) is 17.4 Å². The third-order valence-electron chi connectivity index (χ3n) is 1.94. The first kappa shape index (κ1) is 11.4. The van der Waals surface area contributed by atoms with Crippen molar-refractivity contribution in [3.8, 4) is 0 Å². The Labute approximate surface area is 102 Å². The summed E-state index contributed by atoms with van der Waals surface area (Å²) in [7, 11) is 0. The predicted octanol–water partition coefficient (Wildman–Crippen LogP) is 0.148. The molecule has 2 rings (SSSR count). The van der Waals surface area contributed by atoms with Gasteiger partial charge >= 0.3 is 0 Å². The SMILES string of the molecule is NC(=S)c1ccnc(NCCc2ncno2)n1. The fraction of sp³-hybridized carbons (Fsp3) is 0.222. The van der Waals surface area contributed by atoms with E-state index in [1.165, 1.54) is 6.33 Å². The summed E-state index contributed by atoms with van der Waals surface area (Å²) in [6.45, 7) is 0.586. The lowest BCUT2D eigenvalue weighted by Gasteiger charge is -2.03. The fourth-order valence-electron chi connectivity index (χ4n) is 1.17. The highest BCUT2D eigenvalue weighted by atomic mass is 32.1. The number of rotatable bonds is 5. The topological polar surface area (TPSA) is 103 Å². The van der Waals surface area contributed by atoms with Gasteiger partial charge in [-0.05, 0) is 6.07 Å². The molecule has 0 amide bonds. The van der Waals surface area contributed by atoms with Crippen LogP contribution in [0, 0.1) is 0 Å². The molecule has 0 aliphatic rings. The van der Waals surface area contributed by atoms with Crippen molar-refractivity contribution in [2.75, 3.05) is 11.9 Å². The molecule has 0 aromatic carbocycles. The average Bonchev–Trinajstić information content (AvgIpc) is 2.82. The van der Waals surface area contributed by atoms with E-state index in [4.69, 9.17) is 22.5 Å². The summed E-state index contributed by atoms with van der Waals surface area (Å²) in [4.78, 5) is 12.3. The van der Waals surface area contributed by atoms with Crippen molar-refractivity contribution in [2.24, 2.45) is 5.73 Å². The van der Waals surface area contributed by atoms with E-state index in [-0.39, 0.29) is 4.99 Å². The first-order valence-corrected chi connectivity index (χ1v) is 5.29. The zero-order chi connectivity index (χ0) is 12.1. The molecule has 2 aromatic rings. The van der Waals surface area contributed by atoms with Crippen molar-refractivity contribution in [2.45, 2.75) is 6.42 Å². The van der Waals surface area contributed by atoms with Crippen LogP contribution in [-0.2, 0) is 6.42 Å². The van der Waals surface area contributed by atoms with Crippen LogP contribution in [0.25, 0.3) is 0 Å². The Bertz CT molecular complexity index is 500. The molecule has 0 saturated heterocycles. The molecular formula is C9H10N6OS. The summed E-state index contributed by atoms with van der Waals surface area (Å²) in [6, 6.07) is 1.66. The summed E-state index contributed by atoms with van der Waals surface area (Å²) in [6.07, 6.45) is 3.55. The van der Waals surface area contributed by atoms with E-state index in [0.717, 1.165) is 0 Å². The van der Waals surface area contributed by atoms with Gasteiger partial charge in [0.25, 0.3) is 0 Å². The summed E-state index contributed by atoms with van der Waals surface area (Å²) in [5, 5.41) is 6.52. The highest BCUT2D eigenvalue weighted by Crippen LogP contribution is 2.01. The van der Waals surface area contributed by atoms with Crippen LogP contribution < -0.4 is 11.1 Å². The van der Waals surface area contributed by atoms with Gasteiger partial charge in [0, 0.05) is 19.2 Å². The Balaban J connectivity index is 1.90. The third kappa shape index (κ3) is 3.18. The first-order chi connectivity index (χ1) is 8.25. The predicted molar refractivity (Wildman–Crippen MR) is 64.4 cm³/mol. The van der Waals surface area contributed by atoms with Crippen LogP contribution >= 0.6 is 12.2 Å². The highest BCUT2D eigenvalue weighted by molar-refractivity contribution is 7.80. The molecule has 0 spiro atoms. The van der Waals surface area contributed by atoms with Crippen LogP contribution in [0.15, 0.2) is 23.1 Å². The van der Waals surface area contributed by atoms with Crippen LogP contribution in [0.1, 0.15) is 11.6 Å². The maximum absolute atomic E-state index is 5.47. The van der Waals surface area contributed by atoms with Gasteiger partial charge in [0.1, 0.15) is 10.7 Å². The minimum Gasteiger partial charge on any atom is -0.388 e. The molecule has 0 aliphatic carbocycles. The summed E-state index contributed by atoms with van der Waals surface area (Å²) >= 11 is 4.83. The molecule has 0 bridgehead atoms. The molecule has 0 saturated carbocycles. The Hall–Kier alpha value is -2.09. The van der Waals surface area contributed by atoms with E-state index in [2.05, 4.69) is 25.4 Å².